The topological polar surface area (TPSA) is 83.9 Å². The molecule has 6 heteroatoms. The van der Waals surface area contributed by atoms with E-state index in [1.54, 1.807) is 42.5 Å². The smallest absolute Gasteiger partial charge is 0.343 e. The maximum Gasteiger partial charge on any atom is 0.343 e. The molecule has 0 radical (unpaired) electrons. The molecule has 0 aliphatic rings. The number of Topliss-reactive ketones (excluding diaryl/α,β-unsaturated/α-hetero) is 2. The van der Waals surface area contributed by atoms with Gasteiger partial charge >= 0.3 is 5.97 Å². The Balaban J connectivity index is 1.59. The lowest BCUT2D eigenvalue weighted by molar-refractivity contribution is 0.0734. The average Bonchev–Trinajstić information content (AvgIpc) is 2.91. The van der Waals surface area contributed by atoms with Gasteiger partial charge in [0.05, 0.1) is 17.5 Å². The molecule has 3 rings (SSSR count). The number of anilines is 1. The lowest BCUT2D eigenvalue weighted by atomic mass is 9.98. The van der Waals surface area contributed by atoms with Gasteiger partial charge in [-0.15, -0.1) is 0 Å². The predicted octanol–water partition coefficient (Wildman–Crippen LogP) is 6.72. The second kappa shape index (κ2) is 13.4. The number of carbonyl (C=O) groups excluding carboxylic acids is 3. The first-order valence-electron chi connectivity index (χ1n) is 12.8. The van der Waals surface area contributed by atoms with E-state index in [0.717, 1.165) is 18.7 Å². The lowest BCUT2D eigenvalue weighted by Gasteiger charge is -2.25. The van der Waals surface area contributed by atoms with E-state index in [-0.39, 0.29) is 29.3 Å². The molecule has 0 aromatic heterocycles. The third-order valence-corrected chi connectivity index (χ3v) is 6.52. The maximum absolute atomic E-state index is 12.6. The van der Waals surface area contributed by atoms with Crippen LogP contribution in [0.25, 0.3) is 0 Å². The first-order chi connectivity index (χ1) is 17.8. The van der Waals surface area contributed by atoms with Gasteiger partial charge in [0.1, 0.15) is 11.5 Å². The summed E-state index contributed by atoms with van der Waals surface area (Å²) in [4.78, 5) is 39.7. The second-order valence-corrected chi connectivity index (χ2v) is 9.30. The van der Waals surface area contributed by atoms with E-state index in [0.29, 0.717) is 17.0 Å². The van der Waals surface area contributed by atoms with E-state index in [9.17, 15) is 19.5 Å². The van der Waals surface area contributed by atoms with Crippen LogP contribution in [0.15, 0.2) is 72.8 Å². The Bertz CT molecular complexity index is 1200. The van der Waals surface area contributed by atoms with Crippen LogP contribution in [0, 0.1) is 5.92 Å². The summed E-state index contributed by atoms with van der Waals surface area (Å²) >= 11 is 0. The number of hydrogen-bond acceptors (Lipinski definition) is 6. The van der Waals surface area contributed by atoms with Gasteiger partial charge < -0.3 is 14.7 Å². The van der Waals surface area contributed by atoms with Crippen molar-refractivity contribution in [3.8, 4) is 11.5 Å². The van der Waals surface area contributed by atoms with Gasteiger partial charge in [-0.05, 0) is 48.7 Å². The zero-order chi connectivity index (χ0) is 26.8. The van der Waals surface area contributed by atoms with Crippen LogP contribution in [0.2, 0.25) is 0 Å². The Labute approximate surface area is 218 Å². The van der Waals surface area contributed by atoms with Gasteiger partial charge in [0.2, 0.25) is 0 Å². The quantitative estimate of drug-likeness (QED) is 0.121. The molecule has 0 aliphatic carbocycles. The molecule has 0 spiro atoms. The van der Waals surface area contributed by atoms with Crippen molar-refractivity contribution in [2.75, 3.05) is 18.5 Å². The zero-order valence-corrected chi connectivity index (χ0v) is 21.8. The fourth-order valence-electron chi connectivity index (χ4n) is 4.21. The molecule has 0 saturated carbocycles. The summed E-state index contributed by atoms with van der Waals surface area (Å²) in [7, 11) is 2.06. The number of nitrogens with zero attached hydrogens (tertiary/aromatic N) is 1. The molecule has 3 aromatic carbocycles. The second-order valence-electron chi connectivity index (χ2n) is 9.30. The van der Waals surface area contributed by atoms with Crippen molar-refractivity contribution in [1.82, 2.24) is 0 Å². The third kappa shape index (κ3) is 7.78. The number of phenols is 1. The number of ether oxygens (including phenoxy) is 1. The fourth-order valence-corrected chi connectivity index (χ4v) is 4.21. The highest BCUT2D eigenvalue weighted by molar-refractivity contribution is 6.14. The van der Waals surface area contributed by atoms with E-state index < -0.39 is 11.8 Å². The lowest BCUT2D eigenvalue weighted by Crippen LogP contribution is -2.25. The van der Waals surface area contributed by atoms with Gasteiger partial charge in [-0.3, -0.25) is 9.59 Å². The van der Waals surface area contributed by atoms with Gasteiger partial charge in [-0.25, -0.2) is 4.79 Å². The molecular formula is C31H35NO5. The highest BCUT2D eigenvalue weighted by atomic mass is 16.5. The summed E-state index contributed by atoms with van der Waals surface area (Å²) in [5.74, 6) is -1.02. The van der Waals surface area contributed by atoms with Gasteiger partial charge in [-0.1, -0.05) is 63.4 Å². The van der Waals surface area contributed by atoms with Crippen LogP contribution in [-0.4, -0.2) is 36.2 Å². The highest BCUT2D eigenvalue weighted by Gasteiger charge is 2.18. The van der Waals surface area contributed by atoms with E-state index in [1.165, 1.54) is 37.5 Å². The molecule has 0 bridgehead atoms. The van der Waals surface area contributed by atoms with Gasteiger partial charge in [0.25, 0.3) is 0 Å². The molecule has 3 aromatic rings. The first kappa shape index (κ1) is 27.7. The average molecular weight is 502 g/mol. The molecular weight excluding hydrogens is 466 g/mol. The normalized spacial score (nSPS) is 11.5. The Kier molecular flexibility index (Phi) is 10.0. The number of esters is 1. The third-order valence-electron chi connectivity index (χ3n) is 6.52. The summed E-state index contributed by atoms with van der Waals surface area (Å²) < 4.78 is 5.40. The summed E-state index contributed by atoms with van der Waals surface area (Å²) in [5, 5.41) is 10.3. The minimum Gasteiger partial charge on any atom is -0.507 e. The number of phenolic OH excluding ortho intramolecular Hbond substituents is 1. The van der Waals surface area contributed by atoms with Crippen molar-refractivity contribution in [3.63, 3.8) is 0 Å². The Morgan fingerprint density at radius 3 is 2.22 bits per heavy atom. The largest absolute Gasteiger partial charge is 0.507 e. The zero-order valence-electron chi connectivity index (χ0n) is 21.8. The number of unbranched alkanes of at least 4 members (excludes halogenated alkanes) is 1. The van der Waals surface area contributed by atoms with Gasteiger partial charge in [-0.2, -0.15) is 0 Å². The molecule has 0 aliphatic heterocycles. The van der Waals surface area contributed by atoms with Crippen LogP contribution in [0.3, 0.4) is 0 Å². The Morgan fingerprint density at radius 1 is 0.892 bits per heavy atom. The molecule has 1 N–H and O–H groups in total. The number of aromatic hydroxyl groups is 1. The molecule has 0 heterocycles. The maximum atomic E-state index is 12.6. The van der Waals surface area contributed by atoms with Crippen molar-refractivity contribution >= 4 is 23.2 Å². The molecule has 0 saturated heterocycles. The molecule has 37 heavy (non-hydrogen) atoms. The molecule has 0 fully saturated rings. The summed E-state index contributed by atoms with van der Waals surface area (Å²) in [6.07, 6.45) is 4.40. The van der Waals surface area contributed by atoms with Crippen LogP contribution in [0.4, 0.5) is 5.69 Å². The van der Waals surface area contributed by atoms with Crippen LogP contribution in [0.1, 0.15) is 77.0 Å². The van der Waals surface area contributed by atoms with Crippen LogP contribution >= 0.6 is 0 Å². The number of ketones is 2. The fraction of sp³-hybridized carbons (Fsp3) is 0.323. The number of benzene rings is 3. The minimum absolute atomic E-state index is 0.000732. The molecule has 6 nitrogen and oxygen atoms in total. The van der Waals surface area contributed by atoms with Gasteiger partial charge in [0, 0.05) is 30.9 Å². The van der Waals surface area contributed by atoms with Crippen LogP contribution in [-0.2, 0) is 0 Å². The molecule has 1 atom stereocenters. The standard InChI is InChI=1S/C31H35NO5/c1-4-6-10-22(5-2)21-32(3)25-15-13-24(14-16-25)31(36)37-26-17-18-27(29(34)19-26)30(35)20-28(33)23-11-8-7-9-12-23/h7-9,11-19,22,34H,4-6,10,20-21H2,1-3H3. The van der Waals surface area contributed by atoms with E-state index in [2.05, 4.69) is 25.8 Å². The molecule has 194 valence electrons. The summed E-state index contributed by atoms with van der Waals surface area (Å²) in [6.45, 7) is 5.39. The van der Waals surface area contributed by atoms with Crippen molar-refractivity contribution in [3.05, 3.63) is 89.5 Å². The van der Waals surface area contributed by atoms with E-state index >= 15 is 0 Å². The first-order valence-corrected chi connectivity index (χ1v) is 12.8. The molecule has 0 amide bonds. The monoisotopic (exact) mass is 501 g/mol. The predicted molar refractivity (Wildman–Crippen MR) is 146 cm³/mol. The highest BCUT2D eigenvalue weighted by Crippen LogP contribution is 2.26. The number of hydrogen-bond donors (Lipinski definition) is 1. The molecule has 1 unspecified atom stereocenters. The van der Waals surface area contributed by atoms with Crippen molar-refractivity contribution in [2.24, 2.45) is 5.92 Å². The Morgan fingerprint density at radius 2 is 1.59 bits per heavy atom. The number of rotatable bonds is 13. The summed E-state index contributed by atoms with van der Waals surface area (Å²) in [6, 6.07) is 19.7. The Hall–Kier alpha value is -3.93. The van der Waals surface area contributed by atoms with E-state index in [4.69, 9.17) is 4.74 Å². The number of carbonyl (C=O) groups is 3. The summed E-state index contributed by atoms with van der Waals surface area (Å²) in [5.41, 5.74) is 1.83. The van der Waals surface area contributed by atoms with Crippen molar-refractivity contribution in [1.29, 1.82) is 0 Å². The SMILES string of the molecule is CCCCC(CC)CN(C)c1ccc(C(=O)Oc2ccc(C(=O)CC(=O)c3ccccc3)c(O)c2)cc1. The van der Waals surface area contributed by atoms with Gasteiger partial charge in [0.15, 0.2) is 11.6 Å². The van der Waals surface area contributed by atoms with Crippen molar-refractivity contribution in [2.45, 2.75) is 46.0 Å². The van der Waals surface area contributed by atoms with Crippen LogP contribution in [0.5, 0.6) is 11.5 Å². The minimum atomic E-state index is -0.568. The van der Waals surface area contributed by atoms with E-state index in [1.807, 2.05) is 12.1 Å². The van der Waals surface area contributed by atoms with Crippen molar-refractivity contribution < 1.29 is 24.2 Å². The van der Waals surface area contributed by atoms with Crippen LogP contribution < -0.4 is 9.64 Å².